The molecule has 1 aliphatic heterocycles. The SMILES string of the molecule is C=Cc1ccc2ccccc2c1N1CCCC1. The minimum atomic E-state index is 1.18. The number of fused-ring (bicyclic) bond motifs is 1. The highest BCUT2D eigenvalue weighted by Gasteiger charge is 2.17. The summed E-state index contributed by atoms with van der Waals surface area (Å²) in [4.78, 5) is 2.50. The van der Waals surface area contributed by atoms with Crippen molar-refractivity contribution in [2.45, 2.75) is 12.8 Å². The Kier molecular flexibility index (Phi) is 2.60. The van der Waals surface area contributed by atoms with Gasteiger partial charge in [-0.25, -0.2) is 0 Å². The molecule has 0 bridgehead atoms. The highest BCUT2D eigenvalue weighted by molar-refractivity contribution is 5.98. The van der Waals surface area contributed by atoms with E-state index in [0.29, 0.717) is 0 Å². The average Bonchev–Trinajstić information content (AvgIpc) is 2.91. The maximum absolute atomic E-state index is 3.94. The Hall–Kier alpha value is -1.76. The summed E-state index contributed by atoms with van der Waals surface area (Å²) in [6.07, 6.45) is 4.58. The highest BCUT2D eigenvalue weighted by atomic mass is 15.1. The number of hydrogen-bond acceptors (Lipinski definition) is 1. The third-order valence-corrected chi connectivity index (χ3v) is 3.57. The molecule has 1 saturated heterocycles. The summed E-state index contributed by atoms with van der Waals surface area (Å²) < 4.78 is 0. The smallest absolute Gasteiger partial charge is 0.0519 e. The lowest BCUT2D eigenvalue weighted by Crippen LogP contribution is -2.18. The van der Waals surface area contributed by atoms with Crippen molar-refractivity contribution >= 4 is 22.5 Å². The van der Waals surface area contributed by atoms with Gasteiger partial charge in [0.1, 0.15) is 0 Å². The van der Waals surface area contributed by atoms with Crippen molar-refractivity contribution in [2.24, 2.45) is 0 Å². The topological polar surface area (TPSA) is 3.24 Å². The first-order chi connectivity index (χ1) is 8.40. The molecule has 0 saturated carbocycles. The van der Waals surface area contributed by atoms with Crippen molar-refractivity contribution < 1.29 is 0 Å². The minimum Gasteiger partial charge on any atom is -0.371 e. The van der Waals surface area contributed by atoms with Gasteiger partial charge in [-0.15, -0.1) is 0 Å². The van der Waals surface area contributed by atoms with E-state index in [4.69, 9.17) is 0 Å². The summed E-state index contributed by atoms with van der Waals surface area (Å²) in [7, 11) is 0. The van der Waals surface area contributed by atoms with Crippen molar-refractivity contribution in [2.75, 3.05) is 18.0 Å². The molecule has 2 aromatic carbocycles. The monoisotopic (exact) mass is 223 g/mol. The Morgan fingerprint density at radius 3 is 2.53 bits per heavy atom. The van der Waals surface area contributed by atoms with Crippen LogP contribution in [0.15, 0.2) is 43.0 Å². The van der Waals surface area contributed by atoms with Crippen LogP contribution in [0.1, 0.15) is 18.4 Å². The maximum atomic E-state index is 3.94. The van der Waals surface area contributed by atoms with Gasteiger partial charge >= 0.3 is 0 Å². The van der Waals surface area contributed by atoms with Gasteiger partial charge in [0.2, 0.25) is 0 Å². The molecule has 0 amide bonds. The lowest BCUT2D eigenvalue weighted by atomic mass is 10.0. The van der Waals surface area contributed by atoms with E-state index in [2.05, 4.69) is 47.9 Å². The van der Waals surface area contributed by atoms with E-state index >= 15 is 0 Å². The molecule has 1 aliphatic rings. The summed E-state index contributed by atoms with van der Waals surface area (Å²) >= 11 is 0. The largest absolute Gasteiger partial charge is 0.371 e. The van der Waals surface area contributed by atoms with Gasteiger partial charge in [-0.05, 0) is 23.8 Å². The van der Waals surface area contributed by atoms with Gasteiger partial charge in [0.25, 0.3) is 0 Å². The van der Waals surface area contributed by atoms with Crippen molar-refractivity contribution in [1.29, 1.82) is 0 Å². The van der Waals surface area contributed by atoms with E-state index in [-0.39, 0.29) is 0 Å². The average molecular weight is 223 g/mol. The van der Waals surface area contributed by atoms with Crippen molar-refractivity contribution in [1.82, 2.24) is 0 Å². The fourth-order valence-corrected chi connectivity index (χ4v) is 2.73. The first kappa shape index (κ1) is 10.4. The van der Waals surface area contributed by atoms with Crippen LogP contribution < -0.4 is 4.90 Å². The standard InChI is InChI=1S/C16H17N/c1-2-13-9-10-14-7-3-4-8-15(14)16(13)17-11-5-6-12-17/h2-4,7-10H,1,5-6,11-12H2. The van der Waals surface area contributed by atoms with Gasteiger partial charge in [0.15, 0.2) is 0 Å². The maximum Gasteiger partial charge on any atom is 0.0519 e. The molecule has 0 unspecified atom stereocenters. The van der Waals surface area contributed by atoms with Crippen LogP contribution in [0.2, 0.25) is 0 Å². The van der Waals surface area contributed by atoms with E-state index in [1.807, 2.05) is 6.08 Å². The molecule has 0 atom stereocenters. The Morgan fingerprint density at radius 2 is 1.76 bits per heavy atom. The summed E-state index contributed by atoms with van der Waals surface area (Å²) in [6, 6.07) is 13.0. The van der Waals surface area contributed by atoms with E-state index in [1.165, 1.54) is 48.0 Å². The van der Waals surface area contributed by atoms with Crippen LogP contribution in [0, 0.1) is 0 Å². The Morgan fingerprint density at radius 1 is 1.00 bits per heavy atom. The summed E-state index contributed by atoms with van der Waals surface area (Å²) in [5.74, 6) is 0. The molecular formula is C16H17N. The van der Waals surface area contributed by atoms with Crippen LogP contribution in [-0.2, 0) is 0 Å². The van der Waals surface area contributed by atoms with E-state index < -0.39 is 0 Å². The van der Waals surface area contributed by atoms with Crippen molar-refractivity contribution in [3.05, 3.63) is 48.5 Å². The fourth-order valence-electron chi connectivity index (χ4n) is 2.73. The molecule has 0 spiro atoms. The van der Waals surface area contributed by atoms with Gasteiger partial charge in [0, 0.05) is 18.5 Å². The fraction of sp³-hybridized carbons (Fsp3) is 0.250. The first-order valence-corrected chi connectivity index (χ1v) is 6.29. The molecule has 0 N–H and O–H groups in total. The molecule has 1 heteroatoms. The quantitative estimate of drug-likeness (QED) is 0.741. The van der Waals surface area contributed by atoms with Gasteiger partial charge in [-0.3, -0.25) is 0 Å². The predicted octanol–water partition coefficient (Wildman–Crippen LogP) is 4.08. The molecule has 17 heavy (non-hydrogen) atoms. The molecular weight excluding hydrogens is 206 g/mol. The van der Waals surface area contributed by atoms with Crippen molar-refractivity contribution in [3.63, 3.8) is 0 Å². The number of hydrogen-bond donors (Lipinski definition) is 0. The third kappa shape index (κ3) is 1.72. The van der Waals surface area contributed by atoms with Gasteiger partial charge in [-0.2, -0.15) is 0 Å². The van der Waals surface area contributed by atoms with Crippen LogP contribution in [0.4, 0.5) is 5.69 Å². The molecule has 1 heterocycles. The molecule has 3 rings (SSSR count). The molecule has 2 aromatic rings. The van der Waals surface area contributed by atoms with Crippen LogP contribution in [0.5, 0.6) is 0 Å². The Bertz CT molecular complexity index is 550. The van der Waals surface area contributed by atoms with Gasteiger partial charge in [0.05, 0.1) is 5.69 Å². The minimum absolute atomic E-state index is 1.18. The van der Waals surface area contributed by atoms with E-state index in [9.17, 15) is 0 Å². The van der Waals surface area contributed by atoms with Gasteiger partial charge < -0.3 is 4.90 Å². The third-order valence-electron chi connectivity index (χ3n) is 3.57. The number of benzene rings is 2. The molecule has 1 fully saturated rings. The zero-order valence-corrected chi connectivity index (χ0v) is 10.0. The lowest BCUT2D eigenvalue weighted by Gasteiger charge is -2.22. The van der Waals surface area contributed by atoms with Gasteiger partial charge in [-0.1, -0.05) is 49.1 Å². The highest BCUT2D eigenvalue weighted by Crippen LogP contribution is 2.33. The van der Waals surface area contributed by atoms with Crippen molar-refractivity contribution in [3.8, 4) is 0 Å². The normalized spacial score (nSPS) is 15.4. The molecule has 86 valence electrons. The Labute approximate surface area is 102 Å². The summed E-state index contributed by atoms with van der Waals surface area (Å²) in [5, 5.41) is 2.67. The summed E-state index contributed by atoms with van der Waals surface area (Å²) in [5.41, 5.74) is 2.63. The van der Waals surface area contributed by atoms with E-state index in [0.717, 1.165) is 0 Å². The number of anilines is 1. The number of rotatable bonds is 2. The van der Waals surface area contributed by atoms with Crippen LogP contribution in [-0.4, -0.2) is 13.1 Å². The molecule has 0 aliphatic carbocycles. The zero-order chi connectivity index (χ0) is 11.7. The molecule has 0 aromatic heterocycles. The molecule has 1 nitrogen and oxygen atoms in total. The zero-order valence-electron chi connectivity index (χ0n) is 10.0. The summed E-state index contributed by atoms with van der Waals surface area (Å²) in [6.45, 7) is 6.29. The van der Waals surface area contributed by atoms with Crippen LogP contribution in [0.3, 0.4) is 0 Å². The molecule has 0 radical (unpaired) electrons. The van der Waals surface area contributed by atoms with Crippen LogP contribution >= 0.6 is 0 Å². The number of nitrogens with zero attached hydrogens (tertiary/aromatic N) is 1. The van der Waals surface area contributed by atoms with Crippen LogP contribution in [0.25, 0.3) is 16.8 Å². The lowest BCUT2D eigenvalue weighted by molar-refractivity contribution is 0.949. The second-order valence-electron chi connectivity index (χ2n) is 4.62. The van der Waals surface area contributed by atoms with E-state index in [1.54, 1.807) is 0 Å². The predicted molar refractivity (Wildman–Crippen MR) is 75.5 cm³/mol. The Balaban J connectivity index is 2.26. The second-order valence-corrected chi connectivity index (χ2v) is 4.62. The second kappa shape index (κ2) is 4.25. The first-order valence-electron chi connectivity index (χ1n) is 6.29.